The van der Waals surface area contributed by atoms with Gasteiger partial charge in [0.1, 0.15) is 5.75 Å². The first kappa shape index (κ1) is 15.8. The minimum atomic E-state index is -0.0798. The van der Waals surface area contributed by atoms with E-state index in [0.717, 1.165) is 38.2 Å². The van der Waals surface area contributed by atoms with Gasteiger partial charge in [-0.1, -0.05) is 12.1 Å². The van der Waals surface area contributed by atoms with E-state index in [9.17, 15) is 5.11 Å². The number of nitrogens with one attached hydrogen (secondary N) is 1. The topological polar surface area (TPSA) is 50.7 Å². The Kier molecular flexibility index (Phi) is 5.01. The molecule has 22 heavy (non-hydrogen) atoms. The molecular formula is C18H27NO3. The largest absolute Gasteiger partial charge is 0.496 e. The van der Waals surface area contributed by atoms with Gasteiger partial charge in [0.15, 0.2) is 0 Å². The summed E-state index contributed by atoms with van der Waals surface area (Å²) < 4.78 is 11.0. The molecule has 2 unspecified atom stereocenters. The van der Waals surface area contributed by atoms with Gasteiger partial charge < -0.3 is 19.9 Å². The van der Waals surface area contributed by atoms with Crippen molar-refractivity contribution in [3.8, 4) is 5.75 Å². The summed E-state index contributed by atoms with van der Waals surface area (Å²) in [7, 11) is 1.75. The third-order valence-electron chi connectivity index (χ3n) is 5.18. The summed E-state index contributed by atoms with van der Waals surface area (Å²) in [5, 5.41) is 13.4. The normalized spacial score (nSPS) is 28.2. The molecule has 1 aliphatic heterocycles. The number of ether oxygens (including phenoxy) is 2. The van der Waals surface area contributed by atoms with Crippen molar-refractivity contribution in [2.24, 2.45) is 5.41 Å². The van der Waals surface area contributed by atoms with E-state index < -0.39 is 0 Å². The molecule has 1 saturated heterocycles. The summed E-state index contributed by atoms with van der Waals surface area (Å²) >= 11 is 0. The molecule has 1 aliphatic carbocycles. The Hall–Kier alpha value is -1.10. The van der Waals surface area contributed by atoms with Gasteiger partial charge in [0, 0.05) is 24.6 Å². The van der Waals surface area contributed by atoms with Gasteiger partial charge >= 0.3 is 0 Å². The van der Waals surface area contributed by atoms with Crippen LogP contribution in [0.15, 0.2) is 18.2 Å². The molecule has 2 aliphatic rings. The molecule has 0 saturated carbocycles. The maximum Gasteiger partial charge on any atom is 0.122 e. The molecule has 2 atom stereocenters. The molecule has 2 N–H and O–H groups in total. The summed E-state index contributed by atoms with van der Waals surface area (Å²) in [4.78, 5) is 0. The third kappa shape index (κ3) is 3.29. The number of hydrogen-bond acceptors (Lipinski definition) is 4. The molecule has 3 rings (SSSR count). The summed E-state index contributed by atoms with van der Waals surface area (Å²) in [6.07, 6.45) is 5.42. The molecular weight excluding hydrogens is 278 g/mol. The number of fused-ring (bicyclic) bond motifs is 1. The van der Waals surface area contributed by atoms with E-state index in [2.05, 4.69) is 23.5 Å². The Labute approximate surface area is 132 Å². The third-order valence-corrected chi connectivity index (χ3v) is 5.18. The fourth-order valence-electron chi connectivity index (χ4n) is 3.67. The van der Waals surface area contributed by atoms with Crippen molar-refractivity contribution in [2.75, 3.05) is 33.5 Å². The number of aliphatic hydroxyl groups is 1. The summed E-state index contributed by atoms with van der Waals surface area (Å²) in [6.45, 7) is 2.49. The van der Waals surface area contributed by atoms with Crippen LogP contribution in [0.4, 0.5) is 0 Å². The zero-order valence-electron chi connectivity index (χ0n) is 13.4. The van der Waals surface area contributed by atoms with Crippen molar-refractivity contribution < 1.29 is 14.6 Å². The van der Waals surface area contributed by atoms with Gasteiger partial charge in [-0.2, -0.15) is 0 Å². The van der Waals surface area contributed by atoms with Crippen LogP contribution < -0.4 is 10.1 Å². The van der Waals surface area contributed by atoms with E-state index in [1.165, 1.54) is 24.0 Å². The minimum absolute atomic E-state index is 0.0798. The number of hydrogen-bond donors (Lipinski definition) is 2. The van der Waals surface area contributed by atoms with Crippen molar-refractivity contribution in [1.82, 2.24) is 5.32 Å². The Balaban J connectivity index is 1.66. The number of methoxy groups -OCH3 is 1. The molecule has 1 fully saturated rings. The molecule has 0 spiro atoms. The second-order valence-electron chi connectivity index (χ2n) is 6.73. The van der Waals surface area contributed by atoms with E-state index in [0.29, 0.717) is 12.6 Å². The molecule has 1 aromatic rings. The van der Waals surface area contributed by atoms with Crippen LogP contribution >= 0.6 is 0 Å². The molecule has 0 bridgehead atoms. The van der Waals surface area contributed by atoms with Gasteiger partial charge in [-0.25, -0.2) is 0 Å². The fourth-order valence-corrected chi connectivity index (χ4v) is 3.67. The van der Waals surface area contributed by atoms with E-state index in [1.807, 2.05) is 0 Å². The Morgan fingerprint density at radius 3 is 3.09 bits per heavy atom. The zero-order chi connectivity index (χ0) is 15.4. The lowest BCUT2D eigenvalue weighted by molar-refractivity contribution is 0.0898. The van der Waals surface area contributed by atoms with Crippen LogP contribution in [-0.4, -0.2) is 44.6 Å². The zero-order valence-corrected chi connectivity index (χ0v) is 13.4. The molecule has 0 amide bonds. The van der Waals surface area contributed by atoms with Gasteiger partial charge in [-0.15, -0.1) is 0 Å². The predicted octanol–water partition coefficient (Wildman–Crippen LogP) is 1.93. The van der Waals surface area contributed by atoms with Crippen LogP contribution in [0.3, 0.4) is 0 Å². The van der Waals surface area contributed by atoms with E-state index in [4.69, 9.17) is 9.47 Å². The van der Waals surface area contributed by atoms with Crippen LogP contribution in [-0.2, 0) is 17.6 Å². The minimum Gasteiger partial charge on any atom is -0.496 e. The monoisotopic (exact) mass is 305 g/mol. The van der Waals surface area contributed by atoms with Gasteiger partial charge in [0.05, 0.1) is 20.3 Å². The standard InChI is InChI=1S/C18H27NO3/c1-21-17-7-2-4-14-10-15(5-3-6-16(14)17)19-11-18(12-20)8-9-22-13-18/h2,4,7,15,19-20H,3,5-6,8-13H2,1H3. The van der Waals surface area contributed by atoms with Crippen LogP contribution in [0, 0.1) is 5.41 Å². The van der Waals surface area contributed by atoms with Crippen LogP contribution in [0.2, 0.25) is 0 Å². The number of aliphatic hydroxyl groups excluding tert-OH is 1. The van der Waals surface area contributed by atoms with Gasteiger partial charge in [-0.05, 0) is 49.3 Å². The molecule has 4 heteroatoms. The van der Waals surface area contributed by atoms with Crippen molar-refractivity contribution >= 4 is 0 Å². The first-order valence-corrected chi connectivity index (χ1v) is 8.33. The lowest BCUT2D eigenvalue weighted by Gasteiger charge is -2.28. The van der Waals surface area contributed by atoms with Crippen molar-refractivity contribution in [3.63, 3.8) is 0 Å². The maximum absolute atomic E-state index is 9.69. The Bertz CT molecular complexity index is 497. The highest BCUT2D eigenvalue weighted by Gasteiger charge is 2.34. The number of benzene rings is 1. The quantitative estimate of drug-likeness (QED) is 0.816. The first-order chi connectivity index (χ1) is 10.8. The smallest absolute Gasteiger partial charge is 0.122 e. The second kappa shape index (κ2) is 6.99. The molecule has 0 radical (unpaired) electrons. The van der Waals surface area contributed by atoms with Gasteiger partial charge in [0.2, 0.25) is 0 Å². The molecule has 0 aromatic heterocycles. The lowest BCUT2D eigenvalue weighted by Crippen LogP contribution is -2.43. The predicted molar refractivity (Wildman–Crippen MR) is 86.4 cm³/mol. The molecule has 1 heterocycles. The summed E-state index contributed by atoms with van der Waals surface area (Å²) in [5.41, 5.74) is 2.69. The fraction of sp³-hybridized carbons (Fsp3) is 0.667. The number of rotatable bonds is 5. The average Bonchev–Trinajstić information content (AvgIpc) is 2.92. The van der Waals surface area contributed by atoms with Crippen molar-refractivity contribution in [2.45, 2.75) is 38.1 Å². The van der Waals surface area contributed by atoms with E-state index in [-0.39, 0.29) is 12.0 Å². The Morgan fingerprint density at radius 2 is 2.36 bits per heavy atom. The van der Waals surface area contributed by atoms with Crippen LogP contribution in [0.5, 0.6) is 5.75 Å². The molecule has 122 valence electrons. The van der Waals surface area contributed by atoms with Crippen molar-refractivity contribution in [3.05, 3.63) is 29.3 Å². The maximum atomic E-state index is 9.69. The molecule has 1 aromatic carbocycles. The second-order valence-corrected chi connectivity index (χ2v) is 6.73. The lowest BCUT2D eigenvalue weighted by atomic mass is 9.87. The Morgan fingerprint density at radius 1 is 1.45 bits per heavy atom. The molecule has 4 nitrogen and oxygen atoms in total. The highest BCUT2D eigenvalue weighted by molar-refractivity contribution is 5.41. The summed E-state index contributed by atoms with van der Waals surface area (Å²) in [6, 6.07) is 6.83. The van der Waals surface area contributed by atoms with E-state index in [1.54, 1.807) is 7.11 Å². The van der Waals surface area contributed by atoms with E-state index >= 15 is 0 Å². The van der Waals surface area contributed by atoms with Gasteiger partial charge in [0.25, 0.3) is 0 Å². The van der Waals surface area contributed by atoms with Gasteiger partial charge in [-0.3, -0.25) is 0 Å². The SMILES string of the molecule is COc1cccc2c1CCCC(NCC1(CO)CCOC1)C2. The summed E-state index contributed by atoms with van der Waals surface area (Å²) in [5.74, 6) is 1.02. The van der Waals surface area contributed by atoms with Crippen LogP contribution in [0.1, 0.15) is 30.4 Å². The average molecular weight is 305 g/mol. The highest BCUT2D eigenvalue weighted by Crippen LogP contribution is 2.30. The van der Waals surface area contributed by atoms with Crippen molar-refractivity contribution in [1.29, 1.82) is 0 Å². The first-order valence-electron chi connectivity index (χ1n) is 8.33. The van der Waals surface area contributed by atoms with Crippen LogP contribution in [0.25, 0.3) is 0 Å². The highest BCUT2D eigenvalue weighted by atomic mass is 16.5.